The van der Waals surface area contributed by atoms with Crippen LogP contribution in [0.5, 0.6) is 5.75 Å². The fourth-order valence-corrected chi connectivity index (χ4v) is 2.97. The summed E-state index contributed by atoms with van der Waals surface area (Å²) < 4.78 is 19.1. The molecule has 0 saturated heterocycles. The van der Waals surface area contributed by atoms with Crippen molar-refractivity contribution in [2.75, 3.05) is 11.9 Å². The highest BCUT2D eigenvalue weighted by Crippen LogP contribution is 2.27. The van der Waals surface area contributed by atoms with Crippen LogP contribution in [0.2, 0.25) is 0 Å². The van der Waals surface area contributed by atoms with Gasteiger partial charge < -0.3 is 10.1 Å². The third-order valence-corrected chi connectivity index (χ3v) is 4.29. The Hall–Kier alpha value is -2.43. The maximum atomic E-state index is 13.3. The van der Waals surface area contributed by atoms with Gasteiger partial charge in [-0.25, -0.2) is 9.37 Å². The molecule has 1 heterocycles. The van der Waals surface area contributed by atoms with Crippen molar-refractivity contribution >= 4 is 11.7 Å². The Bertz CT molecular complexity index is 699. The molecule has 1 N–H and O–H groups in total. The van der Waals surface area contributed by atoms with E-state index in [0.29, 0.717) is 24.1 Å². The van der Waals surface area contributed by atoms with Crippen LogP contribution in [0.3, 0.4) is 0 Å². The summed E-state index contributed by atoms with van der Waals surface area (Å²) in [4.78, 5) is 16.4. The van der Waals surface area contributed by atoms with Crippen molar-refractivity contribution in [1.29, 1.82) is 0 Å². The Balaban J connectivity index is 1.66. The maximum absolute atomic E-state index is 13.3. The first-order valence-electron chi connectivity index (χ1n) is 8.37. The minimum absolute atomic E-state index is 0.249. The fraction of sp³-hybridized carbons (Fsp3) is 0.368. The quantitative estimate of drug-likeness (QED) is 0.883. The summed E-state index contributed by atoms with van der Waals surface area (Å²) in [6.45, 7) is 0.633. The number of anilines is 1. The van der Waals surface area contributed by atoms with Gasteiger partial charge in [0.15, 0.2) is 11.6 Å². The third kappa shape index (κ3) is 4.31. The number of hydrogen-bond acceptors (Lipinski definition) is 3. The molecule has 0 atom stereocenters. The van der Waals surface area contributed by atoms with E-state index in [1.807, 2.05) is 0 Å². The topological polar surface area (TPSA) is 51.2 Å². The number of benzene rings is 1. The Morgan fingerprint density at radius 1 is 1.21 bits per heavy atom. The Morgan fingerprint density at radius 3 is 2.83 bits per heavy atom. The van der Waals surface area contributed by atoms with Gasteiger partial charge in [-0.3, -0.25) is 4.79 Å². The van der Waals surface area contributed by atoms with Crippen LogP contribution in [0.25, 0.3) is 0 Å². The lowest BCUT2D eigenvalue weighted by molar-refractivity contribution is 0.102. The first-order valence-corrected chi connectivity index (χ1v) is 8.37. The number of nitrogens with one attached hydrogen (secondary N) is 1. The van der Waals surface area contributed by atoms with Gasteiger partial charge >= 0.3 is 0 Å². The van der Waals surface area contributed by atoms with Crippen molar-refractivity contribution < 1.29 is 13.9 Å². The molecule has 0 radical (unpaired) electrons. The van der Waals surface area contributed by atoms with Gasteiger partial charge in [-0.15, -0.1) is 0 Å². The average molecular weight is 328 g/mol. The highest BCUT2D eigenvalue weighted by Gasteiger charge is 2.16. The number of pyridine rings is 1. The number of rotatable bonds is 5. The second-order valence-corrected chi connectivity index (χ2v) is 6.13. The summed E-state index contributed by atoms with van der Waals surface area (Å²) in [5, 5.41) is 2.70. The third-order valence-electron chi connectivity index (χ3n) is 4.29. The van der Waals surface area contributed by atoms with Crippen molar-refractivity contribution in [3.63, 3.8) is 0 Å². The zero-order chi connectivity index (χ0) is 16.8. The van der Waals surface area contributed by atoms with Gasteiger partial charge in [-0.2, -0.15) is 0 Å². The van der Waals surface area contributed by atoms with Crippen LogP contribution in [0.15, 0.2) is 42.6 Å². The molecule has 0 unspecified atom stereocenters. The molecule has 2 aromatic rings. The largest absolute Gasteiger partial charge is 0.489 e. The Kier molecular flexibility index (Phi) is 5.41. The molecule has 1 amide bonds. The molecule has 1 aliphatic carbocycles. The highest BCUT2D eigenvalue weighted by molar-refractivity contribution is 6.04. The van der Waals surface area contributed by atoms with Gasteiger partial charge in [-0.05, 0) is 49.1 Å². The van der Waals surface area contributed by atoms with E-state index < -0.39 is 11.7 Å². The minimum Gasteiger partial charge on any atom is -0.489 e. The molecule has 126 valence electrons. The van der Waals surface area contributed by atoms with Gasteiger partial charge in [0.05, 0.1) is 6.61 Å². The molecule has 5 heteroatoms. The zero-order valence-corrected chi connectivity index (χ0v) is 13.5. The zero-order valence-electron chi connectivity index (χ0n) is 13.5. The summed E-state index contributed by atoms with van der Waals surface area (Å²) in [6, 6.07) is 9.12. The molecule has 4 nitrogen and oxygen atoms in total. The normalized spacial score (nSPS) is 15.0. The summed E-state index contributed by atoms with van der Waals surface area (Å²) in [5.74, 6) is 0.620. The summed E-state index contributed by atoms with van der Waals surface area (Å²) in [5.41, 5.74) is 0.249. The van der Waals surface area contributed by atoms with E-state index in [4.69, 9.17) is 4.74 Å². The molecule has 1 saturated carbocycles. The molecule has 1 aliphatic rings. The second-order valence-electron chi connectivity index (χ2n) is 6.13. The van der Waals surface area contributed by atoms with Gasteiger partial charge in [0.25, 0.3) is 5.91 Å². The molecule has 1 aromatic carbocycles. The molecule has 3 rings (SSSR count). The van der Waals surface area contributed by atoms with Crippen molar-refractivity contribution in [2.45, 2.75) is 32.1 Å². The smallest absolute Gasteiger partial charge is 0.257 e. The van der Waals surface area contributed by atoms with E-state index in [-0.39, 0.29) is 5.56 Å². The lowest BCUT2D eigenvalue weighted by Gasteiger charge is -2.22. The first-order chi connectivity index (χ1) is 11.7. The average Bonchev–Trinajstić information content (AvgIpc) is 2.62. The van der Waals surface area contributed by atoms with E-state index in [2.05, 4.69) is 10.3 Å². The number of carbonyl (C=O) groups is 1. The monoisotopic (exact) mass is 328 g/mol. The fourth-order valence-electron chi connectivity index (χ4n) is 2.97. The lowest BCUT2D eigenvalue weighted by Crippen LogP contribution is -2.17. The van der Waals surface area contributed by atoms with Crippen molar-refractivity contribution in [1.82, 2.24) is 4.98 Å². The van der Waals surface area contributed by atoms with Crippen molar-refractivity contribution in [3.8, 4) is 5.75 Å². The van der Waals surface area contributed by atoms with Crippen molar-refractivity contribution in [2.24, 2.45) is 5.92 Å². The number of amides is 1. The minimum atomic E-state index is -0.447. The lowest BCUT2D eigenvalue weighted by atomic mass is 9.90. The predicted octanol–water partition coefficient (Wildman–Crippen LogP) is 4.43. The van der Waals surface area contributed by atoms with Crippen LogP contribution in [0, 0.1) is 11.7 Å². The SMILES string of the molecule is O=C(Nc1ncccc1OCC1CCCCC1)c1cccc(F)c1. The maximum Gasteiger partial charge on any atom is 0.257 e. The van der Waals surface area contributed by atoms with Gasteiger partial charge in [0.1, 0.15) is 5.82 Å². The molecular formula is C19H21FN2O2. The first kappa shape index (κ1) is 16.4. The molecule has 24 heavy (non-hydrogen) atoms. The number of aromatic nitrogens is 1. The standard InChI is InChI=1S/C19H21FN2O2/c20-16-9-4-8-15(12-16)19(23)22-18-17(10-5-11-21-18)24-13-14-6-2-1-3-7-14/h4-5,8-12,14H,1-3,6-7,13H2,(H,21,22,23). The van der Waals surface area contributed by atoms with E-state index in [0.717, 1.165) is 0 Å². The van der Waals surface area contributed by atoms with Gasteiger partial charge in [-0.1, -0.05) is 25.3 Å². The van der Waals surface area contributed by atoms with Gasteiger partial charge in [0, 0.05) is 11.8 Å². The predicted molar refractivity (Wildman–Crippen MR) is 90.7 cm³/mol. The van der Waals surface area contributed by atoms with E-state index in [9.17, 15) is 9.18 Å². The van der Waals surface area contributed by atoms with E-state index in [1.165, 1.54) is 50.3 Å². The van der Waals surface area contributed by atoms with E-state index in [1.54, 1.807) is 24.4 Å². The van der Waals surface area contributed by atoms with Crippen LogP contribution >= 0.6 is 0 Å². The van der Waals surface area contributed by atoms with Crippen LogP contribution < -0.4 is 10.1 Å². The second kappa shape index (κ2) is 7.90. The molecule has 0 aliphatic heterocycles. The van der Waals surface area contributed by atoms with Crippen LogP contribution in [-0.2, 0) is 0 Å². The Labute approximate surface area is 141 Å². The van der Waals surface area contributed by atoms with Crippen LogP contribution in [0.4, 0.5) is 10.2 Å². The molecule has 1 aromatic heterocycles. The summed E-state index contributed by atoms with van der Waals surface area (Å²) in [7, 11) is 0. The number of carbonyl (C=O) groups excluding carboxylic acids is 1. The van der Waals surface area contributed by atoms with Gasteiger partial charge in [0.2, 0.25) is 0 Å². The molecule has 0 spiro atoms. The number of nitrogens with zero attached hydrogens (tertiary/aromatic N) is 1. The summed E-state index contributed by atoms with van der Waals surface area (Å²) >= 11 is 0. The van der Waals surface area contributed by atoms with Crippen LogP contribution in [0.1, 0.15) is 42.5 Å². The van der Waals surface area contributed by atoms with Crippen LogP contribution in [-0.4, -0.2) is 17.5 Å². The molecular weight excluding hydrogens is 307 g/mol. The number of ether oxygens (including phenoxy) is 1. The number of hydrogen-bond donors (Lipinski definition) is 1. The molecule has 1 fully saturated rings. The Morgan fingerprint density at radius 2 is 2.04 bits per heavy atom. The van der Waals surface area contributed by atoms with Crippen molar-refractivity contribution in [3.05, 3.63) is 54.0 Å². The summed E-state index contributed by atoms with van der Waals surface area (Å²) in [6.07, 6.45) is 7.78. The highest BCUT2D eigenvalue weighted by atomic mass is 19.1. The molecule has 0 bridgehead atoms. The van der Waals surface area contributed by atoms with E-state index >= 15 is 0 Å². The number of halogens is 1.